The lowest BCUT2D eigenvalue weighted by atomic mass is 9.89. The van der Waals surface area contributed by atoms with Crippen LogP contribution in [0, 0.1) is 22.8 Å². The van der Waals surface area contributed by atoms with Gasteiger partial charge in [0.15, 0.2) is 0 Å². The summed E-state index contributed by atoms with van der Waals surface area (Å²) in [5.74, 6) is 1.13. The summed E-state index contributed by atoms with van der Waals surface area (Å²) in [6.07, 6.45) is 5.95. The summed E-state index contributed by atoms with van der Waals surface area (Å²) in [4.78, 5) is 3.96. The average Bonchev–Trinajstić information content (AvgIpc) is 3.15. The van der Waals surface area contributed by atoms with E-state index < -0.39 is 0 Å². The number of ether oxygens (including phenoxy) is 1. The number of hydrogen-bond acceptors (Lipinski definition) is 4. The fraction of sp³-hybridized carbons (Fsp3) is 0.348. The van der Waals surface area contributed by atoms with Gasteiger partial charge in [-0.15, -0.1) is 4.99 Å². The number of nitrogens with one attached hydrogen (secondary N) is 2. The number of benzene rings is 2. The van der Waals surface area contributed by atoms with Crippen LogP contribution in [0.2, 0.25) is 0 Å². The lowest BCUT2D eigenvalue weighted by molar-refractivity contribution is 0.0695. The summed E-state index contributed by atoms with van der Waals surface area (Å²) in [6, 6.07) is 13.8. The van der Waals surface area contributed by atoms with Crippen molar-refractivity contribution in [1.29, 1.82) is 10.5 Å². The topological polar surface area (TPSA) is 93.2 Å². The fourth-order valence-corrected chi connectivity index (χ4v) is 4.15. The number of guanidine groups is 1. The molecule has 1 unspecified atom stereocenters. The van der Waals surface area contributed by atoms with Gasteiger partial charge in [-0.05, 0) is 74.6 Å². The van der Waals surface area contributed by atoms with Crippen LogP contribution in [0.3, 0.4) is 0 Å². The van der Waals surface area contributed by atoms with E-state index >= 15 is 0 Å². The lowest BCUT2D eigenvalue weighted by Gasteiger charge is -2.38. The van der Waals surface area contributed by atoms with Crippen LogP contribution in [0.5, 0.6) is 5.75 Å². The molecule has 6 heteroatoms. The second-order valence-corrected chi connectivity index (χ2v) is 8.15. The third-order valence-electron chi connectivity index (χ3n) is 5.43. The summed E-state index contributed by atoms with van der Waals surface area (Å²) in [5, 5.41) is 25.1. The molecular weight excluding hydrogens is 362 g/mol. The molecule has 6 nitrogen and oxygen atoms in total. The number of aryl methyl sites for hydroxylation is 2. The van der Waals surface area contributed by atoms with Gasteiger partial charge >= 0.3 is 0 Å². The SMILES string of the molecule is CC1(C)CC(N/C(=N\C#N)Nc2ccc3c(c2)CCC3)c2cc(C#N)ccc2O1. The zero-order chi connectivity index (χ0) is 20.4. The van der Waals surface area contributed by atoms with Crippen LogP contribution in [0.25, 0.3) is 0 Å². The van der Waals surface area contributed by atoms with E-state index in [1.54, 1.807) is 6.07 Å². The van der Waals surface area contributed by atoms with Crippen LogP contribution >= 0.6 is 0 Å². The third kappa shape index (κ3) is 4.02. The molecule has 1 heterocycles. The van der Waals surface area contributed by atoms with Gasteiger partial charge < -0.3 is 15.4 Å². The molecule has 29 heavy (non-hydrogen) atoms. The standard InChI is InChI=1S/C23H23N5O/c1-23(2)12-20(19-10-15(13-24)6-9-21(19)29-23)28-22(26-14-25)27-18-8-7-16-4-3-5-17(16)11-18/h6-11,20H,3-5,12H2,1-2H3,(H2,26,27,28). The number of rotatable bonds is 2. The van der Waals surface area contributed by atoms with Crippen LogP contribution in [0.15, 0.2) is 41.4 Å². The first-order valence-electron chi connectivity index (χ1n) is 9.83. The highest BCUT2D eigenvalue weighted by Gasteiger charge is 2.34. The van der Waals surface area contributed by atoms with Crippen molar-refractivity contribution in [2.75, 3.05) is 5.32 Å². The van der Waals surface area contributed by atoms with Gasteiger partial charge in [-0.2, -0.15) is 10.5 Å². The Balaban J connectivity index is 1.61. The van der Waals surface area contributed by atoms with Gasteiger partial charge in [0.25, 0.3) is 0 Å². The van der Waals surface area contributed by atoms with E-state index in [9.17, 15) is 10.5 Å². The van der Waals surface area contributed by atoms with Crippen LogP contribution in [-0.4, -0.2) is 11.6 Å². The van der Waals surface area contributed by atoms with Crippen molar-refractivity contribution >= 4 is 11.6 Å². The Labute approximate surface area is 170 Å². The van der Waals surface area contributed by atoms with Gasteiger partial charge in [-0.3, -0.25) is 0 Å². The minimum absolute atomic E-state index is 0.143. The molecule has 0 radical (unpaired) electrons. The molecule has 1 aliphatic carbocycles. The Morgan fingerprint density at radius 3 is 2.76 bits per heavy atom. The van der Waals surface area contributed by atoms with Crippen LogP contribution in [0.1, 0.15) is 55.0 Å². The van der Waals surface area contributed by atoms with E-state index in [1.807, 2.05) is 38.2 Å². The molecule has 2 N–H and O–H groups in total. The Morgan fingerprint density at radius 2 is 1.97 bits per heavy atom. The van der Waals surface area contributed by atoms with Gasteiger partial charge in [0, 0.05) is 17.7 Å². The zero-order valence-corrected chi connectivity index (χ0v) is 16.6. The molecule has 0 saturated heterocycles. The molecule has 0 amide bonds. The molecule has 0 aromatic heterocycles. The maximum absolute atomic E-state index is 9.28. The highest BCUT2D eigenvalue weighted by Crippen LogP contribution is 2.40. The summed E-state index contributed by atoms with van der Waals surface area (Å²) in [7, 11) is 0. The molecular formula is C23H23N5O. The Morgan fingerprint density at radius 1 is 1.14 bits per heavy atom. The lowest BCUT2D eigenvalue weighted by Crippen LogP contribution is -2.43. The first-order chi connectivity index (χ1) is 14.0. The minimum atomic E-state index is -0.385. The summed E-state index contributed by atoms with van der Waals surface area (Å²) >= 11 is 0. The average molecular weight is 385 g/mol. The summed E-state index contributed by atoms with van der Waals surface area (Å²) in [6.45, 7) is 4.05. The number of hydrogen-bond donors (Lipinski definition) is 2. The maximum atomic E-state index is 9.28. The van der Waals surface area contributed by atoms with E-state index in [0.29, 0.717) is 17.9 Å². The Bertz CT molecular complexity index is 1060. The zero-order valence-electron chi connectivity index (χ0n) is 16.6. The maximum Gasteiger partial charge on any atom is 0.212 e. The van der Waals surface area contributed by atoms with Crippen LogP contribution < -0.4 is 15.4 Å². The normalized spacial score (nSPS) is 19.2. The van der Waals surface area contributed by atoms with Gasteiger partial charge in [0.2, 0.25) is 12.2 Å². The van der Waals surface area contributed by atoms with E-state index in [0.717, 1.165) is 29.8 Å². The molecule has 0 spiro atoms. The Kier molecular flexibility index (Phi) is 4.86. The molecule has 2 aromatic carbocycles. The fourth-order valence-electron chi connectivity index (χ4n) is 4.15. The molecule has 146 valence electrons. The van der Waals surface area contributed by atoms with E-state index in [-0.39, 0.29) is 11.6 Å². The number of nitriles is 2. The first kappa shape index (κ1) is 18.8. The van der Waals surface area contributed by atoms with Crippen molar-refractivity contribution in [3.8, 4) is 18.0 Å². The van der Waals surface area contributed by atoms with Gasteiger partial charge in [-0.25, -0.2) is 0 Å². The third-order valence-corrected chi connectivity index (χ3v) is 5.43. The molecule has 4 rings (SSSR count). The first-order valence-corrected chi connectivity index (χ1v) is 9.83. The predicted molar refractivity (Wildman–Crippen MR) is 111 cm³/mol. The second-order valence-electron chi connectivity index (χ2n) is 8.15. The molecule has 0 fully saturated rings. The number of aliphatic imine (C=N–C) groups is 1. The van der Waals surface area contributed by atoms with Crippen molar-refractivity contribution in [1.82, 2.24) is 5.32 Å². The van der Waals surface area contributed by atoms with Gasteiger partial charge in [0.05, 0.1) is 17.7 Å². The smallest absolute Gasteiger partial charge is 0.212 e. The van der Waals surface area contributed by atoms with Crippen molar-refractivity contribution < 1.29 is 4.74 Å². The number of nitrogens with zero attached hydrogens (tertiary/aromatic N) is 3. The molecule has 2 aliphatic rings. The second kappa shape index (κ2) is 7.48. The molecule has 0 saturated carbocycles. The molecule has 0 bridgehead atoms. The molecule has 1 aliphatic heterocycles. The molecule has 2 aromatic rings. The largest absolute Gasteiger partial charge is 0.487 e. The van der Waals surface area contributed by atoms with Crippen LogP contribution in [0.4, 0.5) is 5.69 Å². The molecule has 1 atom stereocenters. The van der Waals surface area contributed by atoms with Crippen molar-refractivity contribution in [3.05, 3.63) is 58.7 Å². The highest BCUT2D eigenvalue weighted by atomic mass is 16.5. The van der Waals surface area contributed by atoms with Crippen molar-refractivity contribution in [2.24, 2.45) is 4.99 Å². The highest BCUT2D eigenvalue weighted by molar-refractivity contribution is 5.94. The predicted octanol–water partition coefficient (Wildman–Crippen LogP) is 4.19. The van der Waals surface area contributed by atoms with Crippen molar-refractivity contribution in [3.63, 3.8) is 0 Å². The van der Waals surface area contributed by atoms with E-state index in [1.165, 1.54) is 17.5 Å². The van der Waals surface area contributed by atoms with Crippen LogP contribution in [-0.2, 0) is 12.8 Å². The van der Waals surface area contributed by atoms with Crippen molar-refractivity contribution in [2.45, 2.75) is 51.2 Å². The Hall–Kier alpha value is -3.51. The summed E-state index contributed by atoms with van der Waals surface area (Å²) in [5.41, 5.74) is 4.73. The van der Waals surface area contributed by atoms with E-state index in [2.05, 4.69) is 33.8 Å². The summed E-state index contributed by atoms with van der Waals surface area (Å²) < 4.78 is 6.08. The van der Waals surface area contributed by atoms with E-state index in [4.69, 9.17) is 4.74 Å². The number of fused-ring (bicyclic) bond motifs is 2. The number of anilines is 1. The monoisotopic (exact) mass is 385 g/mol. The minimum Gasteiger partial charge on any atom is -0.487 e. The van der Waals surface area contributed by atoms with Gasteiger partial charge in [-0.1, -0.05) is 6.07 Å². The van der Waals surface area contributed by atoms with Gasteiger partial charge in [0.1, 0.15) is 11.4 Å². The quantitative estimate of drug-likeness (QED) is 0.459.